The van der Waals surface area contributed by atoms with Crippen molar-refractivity contribution in [2.75, 3.05) is 7.11 Å². The van der Waals surface area contributed by atoms with Gasteiger partial charge < -0.3 is 35.1 Å². The van der Waals surface area contributed by atoms with Crippen LogP contribution in [0.5, 0.6) is 11.5 Å². The summed E-state index contributed by atoms with van der Waals surface area (Å²) in [5.41, 5.74) is 2.29. The molecule has 5 rings (SSSR count). The number of aliphatic hydroxyl groups excluding tert-OH is 1. The molecule has 3 heterocycles. The van der Waals surface area contributed by atoms with Crippen LogP contribution in [-0.4, -0.2) is 65.6 Å². The lowest BCUT2D eigenvalue weighted by atomic mass is 9.82. The highest BCUT2D eigenvalue weighted by molar-refractivity contribution is 5.86. The van der Waals surface area contributed by atoms with E-state index in [2.05, 4.69) is 10.6 Å². The number of aromatic hydroxyl groups is 1. The molecule has 4 aliphatic rings. The van der Waals surface area contributed by atoms with Crippen LogP contribution < -0.4 is 15.4 Å². The molecule has 8 unspecified atom stereocenters. The molecule has 256 valence electrons. The number of fused-ring (bicyclic) bond motifs is 4. The number of carbonyl (C=O) groups is 3. The fraction of sp³-hybridized carbons (Fsp3) is 0.595. The third-order valence-electron chi connectivity index (χ3n) is 10.3. The molecule has 2 bridgehead atoms. The van der Waals surface area contributed by atoms with E-state index >= 15 is 0 Å². The predicted octanol–water partition coefficient (Wildman–Crippen LogP) is 4.73. The van der Waals surface area contributed by atoms with Gasteiger partial charge in [-0.15, -0.1) is 0 Å². The van der Waals surface area contributed by atoms with Crippen molar-refractivity contribution in [2.24, 2.45) is 17.8 Å². The third-order valence-corrected chi connectivity index (χ3v) is 10.3. The summed E-state index contributed by atoms with van der Waals surface area (Å²) in [5, 5.41) is 27.9. The van der Waals surface area contributed by atoms with Gasteiger partial charge in [0.15, 0.2) is 0 Å². The second-order valence-electron chi connectivity index (χ2n) is 13.6. The average Bonchev–Trinajstić information content (AvgIpc) is 3.41. The second-order valence-corrected chi connectivity index (χ2v) is 13.6. The summed E-state index contributed by atoms with van der Waals surface area (Å²) in [4.78, 5) is 38.8. The number of hydrogen-bond acceptors (Lipinski definition) is 8. The SMILES string of the molecule is COC1C(=O)NC2c3cc(O)cc4c3OC(C/C=C/C=C/CC(OC(=O)C(C)NC(=O)C3CCCCC3)C(C)C(O)/C(C)=C\CC4)C12. The number of ether oxygens (including phenoxy) is 3. The normalized spacial score (nSPS) is 33.1. The van der Waals surface area contributed by atoms with Crippen LogP contribution in [0.1, 0.15) is 89.3 Å². The van der Waals surface area contributed by atoms with E-state index in [9.17, 15) is 24.6 Å². The Morgan fingerprint density at radius 1 is 1.11 bits per heavy atom. The van der Waals surface area contributed by atoms with Crippen LogP contribution >= 0.6 is 0 Å². The van der Waals surface area contributed by atoms with Crippen LogP contribution in [0, 0.1) is 17.8 Å². The molecule has 2 fully saturated rings. The fourth-order valence-electron chi connectivity index (χ4n) is 7.48. The smallest absolute Gasteiger partial charge is 0.328 e. The Bertz CT molecular complexity index is 1400. The van der Waals surface area contributed by atoms with E-state index in [4.69, 9.17) is 14.2 Å². The minimum Gasteiger partial charge on any atom is -0.508 e. The van der Waals surface area contributed by atoms with Crippen molar-refractivity contribution in [3.8, 4) is 11.5 Å². The third kappa shape index (κ3) is 7.92. The number of nitrogens with one attached hydrogen (secondary N) is 2. The van der Waals surface area contributed by atoms with Crippen LogP contribution in [0.15, 0.2) is 48.1 Å². The Hall–Kier alpha value is -3.63. The zero-order chi connectivity index (χ0) is 33.7. The van der Waals surface area contributed by atoms with E-state index in [1.807, 2.05) is 44.2 Å². The van der Waals surface area contributed by atoms with Crippen LogP contribution in [0.25, 0.3) is 0 Å². The van der Waals surface area contributed by atoms with Crippen LogP contribution in [0.2, 0.25) is 0 Å². The maximum Gasteiger partial charge on any atom is 0.328 e. The number of benzene rings is 1. The molecule has 47 heavy (non-hydrogen) atoms. The van der Waals surface area contributed by atoms with E-state index in [0.717, 1.165) is 48.8 Å². The van der Waals surface area contributed by atoms with Gasteiger partial charge in [-0.1, -0.05) is 56.6 Å². The van der Waals surface area contributed by atoms with Gasteiger partial charge in [-0.2, -0.15) is 0 Å². The van der Waals surface area contributed by atoms with Gasteiger partial charge in [-0.3, -0.25) is 9.59 Å². The molecule has 10 heteroatoms. The van der Waals surface area contributed by atoms with Crippen LogP contribution in [0.3, 0.4) is 0 Å². The molecule has 3 aliphatic heterocycles. The summed E-state index contributed by atoms with van der Waals surface area (Å²) < 4.78 is 18.1. The number of carbonyl (C=O) groups excluding carboxylic acids is 3. The quantitative estimate of drug-likeness (QED) is 0.265. The number of esters is 1. The molecule has 8 atom stereocenters. The van der Waals surface area contributed by atoms with Gasteiger partial charge in [0.05, 0.1) is 18.1 Å². The number of phenolic OH excluding ortho intramolecular Hbond substituents is 1. The van der Waals surface area contributed by atoms with E-state index < -0.39 is 36.2 Å². The molecule has 2 amide bonds. The average molecular weight is 651 g/mol. The molecular weight excluding hydrogens is 600 g/mol. The summed E-state index contributed by atoms with van der Waals surface area (Å²) in [7, 11) is 1.52. The van der Waals surface area contributed by atoms with Crippen LogP contribution in [0.4, 0.5) is 0 Å². The maximum atomic E-state index is 13.2. The number of aliphatic hydroxyl groups is 1. The summed E-state index contributed by atoms with van der Waals surface area (Å²) in [6, 6.07) is 2.19. The Labute approximate surface area is 277 Å². The molecule has 4 N–H and O–H groups in total. The van der Waals surface area contributed by atoms with Gasteiger partial charge in [-0.05, 0) is 62.8 Å². The summed E-state index contributed by atoms with van der Waals surface area (Å²) in [6.07, 6.45) is 13.9. The highest BCUT2D eigenvalue weighted by Gasteiger charge is 2.52. The first kappa shape index (κ1) is 34.7. The largest absolute Gasteiger partial charge is 0.508 e. The molecular formula is C37H50N2O8. The topological polar surface area (TPSA) is 143 Å². The van der Waals surface area contributed by atoms with Crippen molar-refractivity contribution in [3.63, 3.8) is 0 Å². The van der Waals surface area contributed by atoms with Gasteiger partial charge in [0.2, 0.25) is 11.8 Å². The zero-order valence-corrected chi connectivity index (χ0v) is 27.9. The van der Waals surface area contributed by atoms with Crippen LogP contribution in [-0.2, 0) is 30.3 Å². The lowest BCUT2D eigenvalue weighted by molar-refractivity contribution is -0.156. The monoisotopic (exact) mass is 650 g/mol. The summed E-state index contributed by atoms with van der Waals surface area (Å²) in [6.45, 7) is 5.36. The van der Waals surface area contributed by atoms with E-state index in [1.165, 1.54) is 7.11 Å². The highest BCUT2D eigenvalue weighted by Crippen LogP contribution is 2.48. The number of phenols is 1. The number of allylic oxidation sites excluding steroid dienone is 3. The number of rotatable bonds is 5. The molecule has 1 aromatic rings. The Kier molecular flexibility index (Phi) is 11.5. The van der Waals surface area contributed by atoms with E-state index in [1.54, 1.807) is 19.1 Å². The van der Waals surface area contributed by atoms with Gasteiger partial charge >= 0.3 is 5.97 Å². The molecule has 1 aliphatic carbocycles. The Morgan fingerprint density at radius 3 is 2.55 bits per heavy atom. The lowest BCUT2D eigenvalue weighted by Crippen LogP contribution is -2.45. The maximum absolute atomic E-state index is 13.2. The van der Waals surface area contributed by atoms with Crippen molar-refractivity contribution in [3.05, 3.63) is 59.2 Å². The summed E-state index contributed by atoms with van der Waals surface area (Å²) >= 11 is 0. The van der Waals surface area contributed by atoms with Gasteiger partial charge in [-0.25, -0.2) is 4.79 Å². The molecule has 0 spiro atoms. The first-order valence-electron chi connectivity index (χ1n) is 17.1. The molecule has 1 aromatic carbocycles. The van der Waals surface area contributed by atoms with Crippen molar-refractivity contribution in [2.45, 2.75) is 115 Å². The molecule has 0 aromatic heterocycles. The second kappa shape index (κ2) is 15.5. The summed E-state index contributed by atoms with van der Waals surface area (Å²) in [5.74, 6) is -0.852. The van der Waals surface area contributed by atoms with E-state index in [-0.39, 0.29) is 41.5 Å². The first-order valence-corrected chi connectivity index (χ1v) is 17.1. The first-order chi connectivity index (χ1) is 22.6. The Balaban J connectivity index is 1.36. The lowest BCUT2D eigenvalue weighted by Gasteiger charge is -2.37. The van der Waals surface area contributed by atoms with Gasteiger partial charge in [0, 0.05) is 37.4 Å². The molecule has 1 saturated heterocycles. The molecule has 0 radical (unpaired) electrons. The molecule has 10 nitrogen and oxygen atoms in total. The number of amides is 2. The van der Waals surface area contributed by atoms with Crippen molar-refractivity contribution < 1.29 is 38.8 Å². The number of hydrogen-bond donors (Lipinski definition) is 4. The fourth-order valence-corrected chi connectivity index (χ4v) is 7.48. The van der Waals surface area contributed by atoms with Gasteiger partial charge in [0.1, 0.15) is 35.9 Å². The Morgan fingerprint density at radius 2 is 1.83 bits per heavy atom. The number of aryl methyl sites for hydroxylation is 1. The minimum absolute atomic E-state index is 0.0667. The highest BCUT2D eigenvalue weighted by atomic mass is 16.5. The number of methoxy groups -OCH3 is 1. The predicted molar refractivity (Wildman–Crippen MR) is 177 cm³/mol. The van der Waals surface area contributed by atoms with Crippen molar-refractivity contribution >= 4 is 17.8 Å². The van der Waals surface area contributed by atoms with Gasteiger partial charge in [0.25, 0.3) is 0 Å². The van der Waals surface area contributed by atoms with E-state index in [0.29, 0.717) is 31.4 Å². The van der Waals surface area contributed by atoms with Crippen molar-refractivity contribution in [1.82, 2.24) is 10.6 Å². The molecule has 1 saturated carbocycles. The standard InChI is InChI=1S/C37H50N2O8/c1-21-13-12-16-25-19-26(40)20-27-31-30(34(45-4)36(43)39-31)29(46-33(25)27)18-11-6-5-10-17-28(22(2)32(21)41)47-37(44)23(3)38-35(42)24-14-8-7-9-15-24/h5-6,10-11,13,19-20,22-24,28-32,34,40-41H,7-9,12,14-18H2,1-4H3,(H,38,42)(H,39,43)/b10-5+,11-6+,21-13-. The zero-order valence-electron chi connectivity index (χ0n) is 27.9. The minimum atomic E-state index is -0.876. The van der Waals surface area contributed by atoms with Crippen molar-refractivity contribution in [1.29, 1.82) is 0 Å².